The molecule has 0 unspecified atom stereocenters. The summed E-state index contributed by atoms with van der Waals surface area (Å²) in [7, 11) is -3.70. The smallest absolute Gasteiger partial charge is 0.273 e. The quantitative estimate of drug-likeness (QED) is 0.664. The summed E-state index contributed by atoms with van der Waals surface area (Å²) >= 11 is 0. The summed E-state index contributed by atoms with van der Waals surface area (Å²) in [6, 6.07) is 3.86. The van der Waals surface area contributed by atoms with Gasteiger partial charge in [-0.25, -0.2) is 8.42 Å². The first kappa shape index (κ1) is 17.8. The van der Waals surface area contributed by atoms with Crippen LogP contribution in [0.4, 0.5) is 5.69 Å². The summed E-state index contributed by atoms with van der Waals surface area (Å²) < 4.78 is 26.5. The van der Waals surface area contributed by atoms with Crippen molar-refractivity contribution >= 4 is 28.1 Å². The number of nitrogens with one attached hydrogen (secondary N) is 1. The average Bonchev–Trinajstić information content (AvgIpc) is 2.38. The van der Waals surface area contributed by atoms with Crippen LogP contribution in [0, 0.1) is 17.0 Å². The van der Waals surface area contributed by atoms with E-state index >= 15 is 0 Å². The molecule has 1 saturated heterocycles. The predicted octanol–water partition coefficient (Wildman–Crippen LogP) is 1.31. The number of hydrogen-bond donors (Lipinski definition) is 1. The Balaban J connectivity index is 0.00000220. The lowest BCUT2D eigenvalue weighted by Gasteiger charge is -2.32. The maximum absolute atomic E-state index is 12.6. The normalized spacial score (nSPS) is 19.8. The molecule has 21 heavy (non-hydrogen) atoms. The first-order chi connectivity index (χ1) is 9.34. The zero-order chi connectivity index (χ0) is 14.9. The second-order valence-corrected chi connectivity index (χ2v) is 6.76. The Labute approximate surface area is 129 Å². The number of sulfonamides is 1. The van der Waals surface area contributed by atoms with Gasteiger partial charge in [0.25, 0.3) is 5.69 Å². The summed E-state index contributed by atoms with van der Waals surface area (Å²) in [5.41, 5.74) is 0.274. The van der Waals surface area contributed by atoms with Gasteiger partial charge >= 0.3 is 0 Å². The monoisotopic (exact) mass is 335 g/mol. The Hall–Kier alpha value is -1.22. The molecule has 1 aromatic carbocycles. The largest absolute Gasteiger partial charge is 0.314 e. The number of benzene rings is 1. The molecule has 9 heteroatoms. The molecule has 0 aliphatic carbocycles. The van der Waals surface area contributed by atoms with Gasteiger partial charge < -0.3 is 5.32 Å². The molecule has 0 saturated carbocycles. The van der Waals surface area contributed by atoms with Gasteiger partial charge in [-0.1, -0.05) is 6.07 Å². The fourth-order valence-corrected chi connectivity index (χ4v) is 3.91. The van der Waals surface area contributed by atoms with Crippen molar-refractivity contribution < 1.29 is 13.3 Å². The molecule has 1 aromatic rings. The van der Waals surface area contributed by atoms with E-state index in [4.69, 9.17) is 0 Å². The van der Waals surface area contributed by atoms with E-state index in [0.717, 1.165) is 6.07 Å². The minimum Gasteiger partial charge on any atom is -0.314 e. The van der Waals surface area contributed by atoms with Crippen molar-refractivity contribution in [3.05, 3.63) is 33.9 Å². The van der Waals surface area contributed by atoms with Gasteiger partial charge in [0.1, 0.15) is 0 Å². The van der Waals surface area contributed by atoms with Gasteiger partial charge in [-0.2, -0.15) is 4.31 Å². The number of halogens is 1. The van der Waals surface area contributed by atoms with E-state index in [1.54, 1.807) is 6.92 Å². The molecular weight excluding hydrogens is 318 g/mol. The Morgan fingerprint density at radius 2 is 2.10 bits per heavy atom. The molecule has 1 atom stereocenters. The van der Waals surface area contributed by atoms with E-state index in [0.29, 0.717) is 25.2 Å². The molecule has 1 N–H and O–H groups in total. The maximum atomic E-state index is 12.6. The van der Waals surface area contributed by atoms with Crippen molar-refractivity contribution in [1.29, 1.82) is 0 Å². The molecule has 1 heterocycles. The predicted molar refractivity (Wildman–Crippen MR) is 81.3 cm³/mol. The van der Waals surface area contributed by atoms with Crippen LogP contribution >= 0.6 is 12.4 Å². The van der Waals surface area contributed by atoms with Crippen molar-refractivity contribution in [3.63, 3.8) is 0 Å². The van der Waals surface area contributed by atoms with Crippen LogP contribution in [0.1, 0.15) is 12.5 Å². The van der Waals surface area contributed by atoms with Crippen LogP contribution in [0.3, 0.4) is 0 Å². The van der Waals surface area contributed by atoms with E-state index in [2.05, 4.69) is 5.32 Å². The van der Waals surface area contributed by atoms with Crippen LogP contribution in [0.2, 0.25) is 0 Å². The lowest BCUT2D eigenvalue weighted by molar-refractivity contribution is -0.385. The molecule has 118 valence electrons. The Kier molecular flexibility index (Phi) is 5.68. The van der Waals surface area contributed by atoms with Gasteiger partial charge in [-0.15, -0.1) is 12.4 Å². The van der Waals surface area contributed by atoms with Gasteiger partial charge in [-0.3, -0.25) is 10.1 Å². The number of hydrogen-bond acceptors (Lipinski definition) is 5. The van der Waals surface area contributed by atoms with Gasteiger partial charge in [0.15, 0.2) is 0 Å². The van der Waals surface area contributed by atoms with Crippen molar-refractivity contribution in [3.8, 4) is 0 Å². The van der Waals surface area contributed by atoms with Crippen LogP contribution in [-0.4, -0.2) is 43.3 Å². The lowest BCUT2D eigenvalue weighted by atomic mass is 10.2. The highest BCUT2D eigenvalue weighted by atomic mass is 35.5. The summed E-state index contributed by atoms with van der Waals surface area (Å²) in [5.74, 6) is 0. The lowest BCUT2D eigenvalue weighted by Crippen LogP contribution is -2.52. The number of piperazine rings is 1. The third-order valence-electron chi connectivity index (χ3n) is 3.42. The maximum Gasteiger partial charge on any atom is 0.273 e. The van der Waals surface area contributed by atoms with Crippen LogP contribution in [-0.2, 0) is 10.0 Å². The van der Waals surface area contributed by atoms with Gasteiger partial charge in [0.2, 0.25) is 10.0 Å². The zero-order valence-electron chi connectivity index (χ0n) is 11.8. The number of rotatable bonds is 3. The number of nitrogens with zero attached hydrogens (tertiary/aromatic N) is 2. The number of nitro groups is 1. The molecule has 0 spiro atoms. The topological polar surface area (TPSA) is 92.6 Å². The van der Waals surface area contributed by atoms with E-state index in [1.807, 2.05) is 6.92 Å². The second kappa shape index (κ2) is 6.69. The summed E-state index contributed by atoms with van der Waals surface area (Å²) in [5, 5.41) is 14.0. The highest BCUT2D eigenvalue weighted by molar-refractivity contribution is 7.89. The number of nitro benzene ring substituents is 1. The van der Waals surface area contributed by atoms with E-state index in [-0.39, 0.29) is 29.0 Å². The molecule has 0 bridgehead atoms. The summed E-state index contributed by atoms with van der Waals surface area (Å²) in [6.07, 6.45) is 0. The fourth-order valence-electron chi connectivity index (χ4n) is 2.26. The van der Waals surface area contributed by atoms with Crippen LogP contribution in [0.5, 0.6) is 0 Å². The highest BCUT2D eigenvalue weighted by Gasteiger charge is 2.32. The molecule has 1 aliphatic rings. The third-order valence-corrected chi connectivity index (χ3v) is 5.43. The van der Waals surface area contributed by atoms with E-state index < -0.39 is 14.9 Å². The van der Waals surface area contributed by atoms with Crippen LogP contribution in [0.15, 0.2) is 23.1 Å². The third kappa shape index (κ3) is 3.52. The number of aryl methyl sites for hydroxylation is 1. The minimum absolute atomic E-state index is 0. The van der Waals surface area contributed by atoms with Gasteiger partial charge in [0.05, 0.1) is 9.82 Å². The Morgan fingerprint density at radius 1 is 1.43 bits per heavy atom. The van der Waals surface area contributed by atoms with Crippen molar-refractivity contribution in [2.24, 2.45) is 0 Å². The first-order valence-electron chi connectivity index (χ1n) is 6.31. The zero-order valence-corrected chi connectivity index (χ0v) is 13.4. The minimum atomic E-state index is -3.70. The summed E-state index contributed by atoms with van der Waals surface area (Å²) in [6.45, 7) is 4.92. The second-order valence-electron chi connectivity index (χ2n) is 4.87. The van der Waals surface area contributed by atoms with Crippen molar-refractivity contribution in [1.82, 2.24) is 9.62 Å². The molecule has 1 fully saturated rings. The molecule has 0 amide bonds. The van der Waals surface area contributed by atoms with Crippen molar-refractivity contribution in [2.45, 2.75) is 24.8 Å². The van der Waals surface area contributed by atoms with Gasteiger partial charge in [0, 0.05) is 37.3 Å². The Morgan fingerprint density at radius 3 is 2.67 bits per heavy atom. The average molecular weight is 336 g/mol. The van der Waals surface area contributed by atoms with Crippen molar-refractivity contribution in [2.75, 3.05) is 19.6 Å². The molecule has 7 nitrogen and oxygen atoms in total. The SMILES string of the molecule is Cc1ccc(S(=O)(=O)N2CCNC[C@@H]2C)cc1[N+](=O)[O-].Cl. The fraction of sp³-hybridized carbons (Fsp3) is 0.500. The summed E-state index contributed by atoms with van der Waals surface area (Å²) in [4.78, 5) is 10.3. The molecule has 1 aliphatic heterocycles. The molecule has 2 rings (SSSR count). The van der Waals surface area contributed by atoms with Crippen LogP contribution < -0.4 is 5.32 Å². The molecule has 0 radical (unpaired) electrons. The van der Waals surface area contributed by atoms with E-state index in [9.17, 15) is 18.5 Å². The standard InChI is InChI=1S/C12H17N3O4S.ClH/c1-9-3-4-11(7-12(9)15(16)17)20(18,19)14-6-5-13-8-10(14)2;/h3-4,7,10,13H,5-6,8H2,1-2H3;1H/t10-;/m0./s1. The van der Waals surface area contributed by atoms with Gasteiger partial charge in [-0.05, 0) is 19.9 Å². The first-order valence-corrected chi connectivity index (χ1v) is 7.75. The molecule has 0 aromatic heterocycles. The molecular formula is C12H18ClN3O4S. The van der Waals surface area contributed by atoms with E-state index in [1.165, 1.54) is 16.4 Å². The Bertz CT molecular complexity index is 635. The van der Waals surface area contributed by atoms with Crippen LogP contribution in [0.25, 0.3) is 0 Å². The highest BCUT2D eigenvalue weighted by Crippen LogP contribution is 2.25.